The maximum absolute atomic E-state index is 13.0. The van der Waals surface area contributed by atoms with Gasteiger partial charge in [0, 0.05) is 19.2 Å². The summed E-state index contributed by atoms with van der Waals surface area (Å²) in [6, 6.07) is 6.48. The third-order valence-corrected chi connectivity index (χ3v) is 2.30. The molecule has 0 heterocycles. The van der Waals surface area contributed by atoms with Gasteiger partial charge in [-0.1, -0.05) is 18.2 Å². The number of hydrogen-bond acceptors (Lipinski definition) is 3. The minimum atomic E-state index is -0.336. The Labute approximate surface area is 107 Å². The topological polar surface area (TPSA) is 29.5 Å². The number of likely N-dealkylation sites (N-methyl/N-ethyl adjacent to an activating group) is 1. The molecule has 0 aliphatic carbocycles. The quantitative estimate of drug-likeness (QED) is 0.574. The van der Waals surface area contributed by atoms with Crippen molar-refractivity contribution in [1.82, 2.24) is 4.90 Å². The normalized spacial score (nSPS) is 11.1. The molecule has 0 bridgehead atoms. The average molecular weight is 251 g/mol. The van der Waals surface area contributed by atoms with E-state index < -0.39 is 0 Å². The Balaban J connectivity index is 2.38. The summed E-state index contributed by atoms with van der Waals surface area (Å²) < 4.78 is 17.7. The Hall–Kier alpha value is -1.68. The molecule has 18 heavy (non-hydrogen) atoms. The predicted molar refractivity (Wildman–Crippen MR) is 68.5 cm³/mol. The van der Waals surface area contributed by atoms with E-state index in [1.165, 1.54) is 18.2 Å². The van der Waals surface area contributed by atoms with Crippen LogP contribution in [0.15, 0.2) is 36.4 Å². The molecule has 0 amide bonds. The Morgan fingerprint density at radius 2 is 2.28 bits per heavy atom. The van der Waals surface area contributed by atoms with Crippen molar-refractivity contribution in [3.63, 3.8) is 0 Å². The van der Waals surface area contributed by atoms with Gasteiger partial charge < -0.3 is 4.74 Å². The average Bonchev–Trinajstić information content (AvgIpc) is 2.29. The molecule has 0 N–H and O–H groups in total. The lowest BCUT2D eigenvalue weighted by Crippen LogP contribution is -2.18. The molecule has 1 aromatic carbocycles. The number of carbonyl (C=O) groups excluding carboxylic acids is 1. The van der Waals surface area contributed by atoms with Crippen molar-refractivity contribution in [3.8, 4) is 0 Å². The third kappa shape index (κ3) is 5.59. The highest BCUT2D eigenvalue weighted by Crippen LogP contribution is 2.05. The van der Waals surface area contributed by atoms with E-state index in [2.05, 4.69) is 0 Å². The van der Waals surface area contributed by atoms with Crippen molar-refractivity contribution in [2.45, 2.75) is 13.5 Å². The van der Waals surface area contributed by atoms with Crippen LogP contribution in [0.5, 0.6) is 0 Å². The van der Waals surface area contributed by atoms with Crippen molar-refractivity contribution in [2.24, 2.45) is 0 Å². The number of rotatable bonds is 6. The van der Waals surface area contributed by atoms with E-state index in [0.29, 0.717) is 19.7 Å². The van der Waals surface area contributed by atoms with E-state index in [0.717, 1.165) is 5.56 Å². The van der Waals surface area contributed by atoms with Crippen molar-refractivity contribution in [3.05, 3.63) is 47.8 Å². The first-order valence-corrected chi connectivity index (χ1v) is 5.88. The summed E-state index contributed by atoms with van der Waals surface area (Å²) in [6.45, 7) is 3.38. The molecule has 1 rings (SSSR count). The van der Waals surface area contributed by atoms with Crippen LogP contribution in [-0.2, 0) is 16.1 Å². The highest BCUT2D eigenvalue weighted by molar-refractivity contribution is 5.81. The first-order chi connectivity index (χ1) is 8.61. The number of ether oxygens (including phenoxy) is 1. The molecule has 0 fully saturated rings. The van der Waals surface area contributed by atoms with E-state index in [1.807, 2.05) is 18.0 Å². The molecule has 4 heteroatoms. The van der Waals surface area contributed by atoms with Crippen LogP contribution in [0.25, 0.3) is 0 Å². The van der Waals surface area contributed by atoms with Crippen LogP contribution >= 0.6 is 0 Å². The standard InChI is InChI=1S/C14H18FNO2/c1-3-18-14(17)8-5-9-16(2)11-12-6-4-7-13(15)10-12/h4-8,10H,3,9,11H2,1-2H3/b8-5+. The molecule has 1 aromatic rings. The lowest BCUT2D eigenvalue weighted by molar-refractivity contribution is -0.137. The zero-order valence-electron chi connectivity index (χ0n) is 10.7. The highest BCUT2D eigenvalue weighted by atomic mass is 19.1. The molecule has 0 aliphatic heterocycles. The Kier molecular flexibility index (Phi) is 6.08. The van der Waals surface area contributed by atoms with Crippen LogP contribution in [0.4, 0.5) is 4.39 Å². The number of benzene rings is 1. The van der Waals surface area contributed by atoms with Gasteiger partial charge in [0.1, 0.15) is 5.82 Å². The fraction of sp³-hybridized carbons (Fsp3) is 0.357. The summed E-state index contributed by atoms with van der Waals surface area (Å²) in [7, 11) is 1.90. The predicted octanol–water partition coefficient (Wildman–Crippen LogP) is 2.38. The summed E-state index contributed by atoms with van der Waals surface area (Å²) in [5.74, 6) is -0.570. The fourth-order valence-electron chi connectivity index (χ4n) is 1.53. The van der Waals surface area contributed by atoms with Gasteiger partial charge in [0.05, 0.1) is 6.61 Å². The van der Waals surface area contributed by atoms with Crippen molar-refractivity contribution >= 4 is 5.97 Å². The first-order valence-electron chi connectivity index (χ1n) is 5.88. The zero-order valence-corrected chi connectivity index (χ0v) is 10.7. The summed E-state index contributed by atoms with van der Waals surface area (Å²) in [5.41, 5.74) is 0.905. The first kappa shape index (κ1) is 14.4. The second-order valence-corrected chi connectivity index (χ2v) is 3.98. The van der Waals surface area contributed by atoms with Gasteiger partial charge in [0.15, 0.2) is 0 Å². The molecule has 0 unspecified atom stereocenters. The van der Waals surface area contributed by atoms with E-state index in [9.17, 15) is 9.18 Å². The molecule has 98 valence electrons. The van der Waals surface area contributed by atoms with Crippen LogP contribution in [0.1, 0.15) is 12.5 Å². The Bertz CT molecular complexity index is 418. The number of halogens is 1. The summed E-state index contributed by atoms with van der Waals surface area (Å²) >= 11 is 0. The van der Waals surface area contributed by atoms with E-state index in [1.54, 1.807) is 19.1 Å². The molecule has 0 saturated heterocycles. The van der Waals surface area contributed by atoms with Gasteiger partial charge in [-0.25, -0.2) is 9.18 Å². The van der Waals surface area contributed by atoms with Crippen molar-refractivity contribution < 1.29 is 13.9 Å². The maximum Gasteiger partial charge on any atom is 0.330 e. The van der Waals surface area contributed by atoms with Gasteiger partial charge in [-0.2, -0.15) is 0 Å². The molecule has 0 spiro atoms. The van der Waals surface area contributed by atoms with Gasteiger partial charge >= 0.3 is 5.97 Å². The van der Waals surface area contributed by atoms with E-state index in [4.69, 9.17) is 4.74 Å². The van der Waals surface area contributed by atoms with Crippen LogP contribution in [0.3, 0.4) is 0 Å². The van der Waals surface area contributed by atoms with Gasteiger partial charge in [-0.15, -0.1) is 0 Å². The van der Waals surface area contributed by atoms with Gasteiger partial charge in [0.25, 0.3) is 0 Å². The molecule has 0 aliphatic rings. The third-order valence-electron chi connectivity index (χ3n) is 2.30. The van der Waals surface area contributed by atoms with Gasteiger partial charge in [-0.3, -0.25) is 4.90 Å². The minimum absolute atomic E-state index is 0.233. The molecule has 0 saturated carbocycles. The molecule has 0 atom stereocenters. The Morgan fingerprint density at radius 1 is 1.50 bits per heavy atom. The van der Waals surface area contributed by atoms with Crippen LogP contribution in [0.2, 0.25) is 0 Å². The Morgan fingerprint density at radius 3 is 2.94 bits per heavy atom. The fourth-order valence-corrected chi connectivity index (χ4v) is 1.53. The lowest BCUT2D eigenvalue weighted by atomic mass is 10.2. The smallest absolute Gasteiger partial charge is 0.330 e. The second-order valence-electron chi connectivity index (χ2n) is 3.98. The maximum atomic E-state index is 13.0. The molecule has 3 nitrogen and oxygen atoms in total. The van der Waals surface area contributed by atoms with Crippen molar-refractivity contribution in [1.29, 1.82) is 0 Å². The number of nitrogens with zero attached hydrogens (tertiary/aromatic N) is 1. The van der Waals surface area contributed by atoms with Gasteiger partial charge in [-0.05, 0) is 31.7 Å². The number of carbonyl (C=O) groups is 1. The largest absolute Gasteiger partial charge is 0.463 e. The van der Waals surface area contributed by atoms with E-state index in [-0.39, 0.29) is 11.8 Å². The molecular formula is C14H18FNO2. The van der Waals surface area contributed by atoms with Crippen LogP contribution in [0, 0.1) is 5.82 Å². The van der Waals surface area contributed by atoms with Crippen LogP contribution < -0.4 is 0 Å². The molecule has 0 aromatic heterocycles. The van der Waals surface area contributed by atoms with E-state index >= 15 is 0 Å². The molecule has 0 radical (unpaired) electrons. The van der Waals surface area contributed by atoms with Crippen molar-refractivity contribution in [2.75, 3.05) is 20.2 Å². The minimum Gasteiger partial charge on any atom is -0.463 e. The second kappa shape index (κ2) is 7.61. The summed E-state index contributed by atoms with van der Waals surface area (Å²) in [4.78, 5) is 13.0. The summed E-state index contributed by atoms with van der Waals surface area (Å²) in [5, 5.41) is 0. The summed E-state index contributed by atoms with van der Waals surface area (Å²) in [6.07, 6.45) is 3.14. The number of hydrogen-bond donors (Lipinski definition) is 0. The highest BCUT2D eigenvalue weighted by Gasteiger charge is 2.00. The van der Waals surface area contributed by atoms with Crippen LogP contribution in [-0.4, -0.2) is 31.1 Å². The zero-order chi connectivity index (χ0) is 13.4. The number of esters is 1. The monoisotopic (exact) mass is 251 g/mol. The SMILES string of the molecule is CCOC(=O)/C=C/CN(C)Cc1cccc(F)c1. The molecular weight excluding hydrogens is 233 g/mol. The van der Waals surface area contributed by atoms with Gasteiger partial charge in [0.2, 0.25) is 0 Å². The lowest BCUT2D eigenvalue weighted by Gasteiger charge is -2.14.